The summed E-state index contributed by atoms with van der Waals surface area (Å²) in [7, 11) is 0. The van der Waals surface area contributed by atoms with E-state index in [2.05, 4.69) is 6.07 Å². The average Bonchev–Trinajstić information content (AvgIpc) is 2.78. The van der Waals surface area contributed by atoms with Gasteiger partial charge in [-0.25, -0.2) is 0 Å². The molecule has 0 heterocycles. The average molecular weight is 347 g/mol. The van der Waals surface area contributed by atoms with E-state index in [1.807, 2.05) is 12.1 Å². The third kappa shape index (κ3) is 2.32. The summed E-state index contributed by atoms with van der Waals surface area (Å²) in [5.74, 6) is 0. The van der Waals surface area contributed by atoms with E-state index in [0.29, 0.717) is 25.7 Å². The third-order valence-corrected chi connectivity index (χ3v) is 5.24. The zero-order valence-electron chi connectivity index (χ0n) is 10.4. The predicted octanol–water partition coefficient (Wildman–Crippen LogP) is 5.91. The Balaban J connectivity index is 2.20. The van der Waals surface area contributed by atoms with Gasteiger partial charge in [0.1, 0.15) is 0 Å². The molecular weight excluding hydrogens is 336 g/mol. The highest BCUT2D eigenvalue weighted by molar-refractivity contribution is 6.50. The monoisotopic (exact) mass is 345 g/mol. The zero-order chi connectivity index (χ0) is 14.4. The van der Waals surface area contributed by atoms with Gasteiger partial charge in [0, 0.05) is 11.6 Å². The Hall–Kier alpha value is -0.440. The number of nitrogens with two attached hydrogens (primary N) is 1. The molecule has 0 aliphatic heterocycles. The van der Waals surface area contributed by atoms with E-state index in [1.54, 1.807) is 6.07 Å². The zero-order valence-corrected chi connectivity index (χ0v) is 13.4. The molecule has 0 fully saturated rings. The second kappa shape index (κ2) is 5.40. The van der Waals surface area contributed by atoms with Crippen LogP contribution >= 0.6 is 46.4 Å². The SMILES string of the molecule is NC1CCc2cc(-c3c(Cl)c(Cl)cc(Cl)c3Cl)ccc21. The van der Waals surface area contributed by atoms with Crippen molar-refractivity contribution in [1.29, 1.82) is 0 Å². The van der Waals surface area contributed by atoms with Crippen molar-refractivity contribution >= 4 is 46.4 Å². The number of fused-ring (bicyclic) bond motifs is 1. The van der Waals surface area contributed by atoms with Crippen LogP contribution in [0.25, 0.3) is 11.1 Å². The lowest BCUT2D eigenvalue weighted by atomic mass is 9.99. The molecule has 0 spiro atoms. The summed E-state index contributed by atoms with van der Waals surface area (Å²) in [5, 5.41) is 1.63. The Morgan fingerprint density at radius 1 is 0.950 bits per heavy atom. The van der Waals surface area contributed by atoms with Crippen molar-refractivity contribution < 1.29 is 0 Å². The van der Waals surface area contributed by atoms with Crippen molar-refractivity contribution in [2.45, 2.75) is 18.9 Å². The van der Waals surface area contributed by atoms with Gasteiger partial charge in [-0.15, -0.1) is 0 Å². The van der Waals surface area contributed by atoms with E-state index in [1.165, 1.54) is 11.1 Å². The molecule has 0 radical (unpaired) electrons. The summed E-state index contributed by atoms with van der Waals surface area (Å²) in [4.78, 5) is 0. The molecular formula is C15H11Cl4N. The number of hydrogen-bond donors (Lipinski definition) is 1. The molecule has 20 heavy (non-hydrogen) atoms. The van der Waals surface area contributed by atoms with Crippen LogP contribution < -0.4 is 5.73 Å². The molecule has 0 saturated carbocycles. The van der Waals surface area contributed by atoms with Crippen LogP contribution in [0.5, 0.6) is 0 Å². The van der Waals surface area contributed by atoms with E-state index < -0.39 is 0 Å². The quantitative estimate of drug-likeness (QED) is 0.638. The van der Waals surface area contributed by atoms with Crippen molar-refractivity contribution in [3.05, 3.63) is 55.5 Å². The molecule has 2 aromatic rings. The molecule has 0 amide bonds. The number of halogens is 4. The largest absolute Gasteiger partial charge is 0.324 e. The Morgan fingerprint density at radius 3 is 2.25 bits per heavy atom. The molecule has 2 aromatic carbocycles. The molecule has 3 rings (SSSR count). The maximum Gasteiger partial charge on any atom is 0.0686 e. The first-order chi connectivity index (χ1) is 9.49. The summed E-state index contributed by atoms with van der Waals surface area (Å²) >= 11 is 24.7. The molecule has 104 valence electrons. The van der Waals surface area contributed by atoms with Crippen molar-refractivity contribution in [3.8, 4) is 11.1 Å². The second-order valence-corrected chi connectivity index (χ2v) is 6.47. The summed E-state index contributed by atoms with van der Waals surface area (Å²) < 4.78 is 0. The number of hydrogen-bond acceptors (Lipinski definition) is 1. The Labute approximate surface area is 137 Å². The van der Waals surface area contributed by atoms with Crippen molar-refractivity contribution in [1.82, 2.24) is 0 Å². The summed E-state index contributed by atoms with van der Waals surface area (Å²) in [5.41, 5.74) is 10.1. The lowest BCUT2D eigenvalue weighted by molar-refractivity contribution is 0.713. The van der Waals surface area contributed by atoms with Crippen LogP contribution in [-0.2, 0) is 6.42 Å². The molecule has 0 saturated heterocycles. The molecule has 0 bridgehead atoms. The van der Waals surface area contributed by atoms with Crippen LogP contribution in [0.4, 0.5) is 0 Å². The van der Waals surface area contributed by atoms with Crippen LogP contribution in [0.2, 0.25) is 20.1 Å². The topological polar surface area (TPSA) is 26.0 Å². The highest BCUT2D eigenvalue weighted by atomic mass is 35.5. The van der Waals surface area contributed by atoms with Gasteiger partial charge < -0.3 is 5.73 Å². The minimum Gasteiger partial charge on any atom is -0.324 e. The maximum atomic E-state index is 6.28. The summed E-state index contributed by atoms with van der Waals surface area (Å²) in [6.07, 6.45) is 1.93. The van der Waals surface area contributed by atoms with Gasteiger partial charge in [0.2, 0.25) is 0 Å². The summed E-state index contributed by atoms with van der Waals surface area (Å²) in [6.45, 7) is 0. The minimum absolute atomic E-state index is 0.118. The van der Waals surface area contributed by atoms with Crippen molar-refractivity contribution in [3.63, 3.8) is 0 Å². The molecule has 5 heteroatoms. The van der Waals surface area contributed by atoms with E-state index in [4.69, 9.17) is 52.1 Å². The molecule has 1 aliphatic rings. The van der Waals surface area contributed by atoms with E-state index in [-0.39, 0.29) is 6.04 Å². The van der Waals surface area contributed by atoms with Gasteiger partial charge in [-0.05, 0) is 35.6 Å². The third-order valence-electron chi connectivity index (χ3n) is 3.67. The second-order valence-electron chi connectivity index (χ2n) is 4.90. The molecule has 1 nitrogen and oxygen atoms in total. The van der Waals surface area contributed by atoms with Crippen molar-refractivity contribution in [2.24, 2.45) is 5.73 Å². The Morgan fingerprint density at radius 2 is 1.60 bits per heavy atom. The lowest BCUT2D eigenvalue weighted by Crippen LogP contribution is -2.04. The van der Waals surface area contributed by atoms with Gasteiger partial charge in [-0.3, -0.25) is 0 Å². The molecule has 1 aliphatic carbocycles. The van der Waals surface area contributed by atoms with E-state index >= 15 is 0 Å². The first-order valence-corrected chi connectivity index (χ1v) is 7.72. The van der Waals surface area contributed by atoms with Crippen LogP contribution in [0, 0.1) is 0 Å². The fourth-order valence-electron chi connectivity index (χ4n) is 2.63. The van der Waals surface area contributed by atoms with Crippen LogP contribution in [-0.4, -0.2) is 0 Å². The number of rotatable bonds is 1. The fraction of sp³-hybridized carbons (Fsp3) is 0.200. The maximum absolute atomic E-state index is 6.28. The van der Waals surface area contributed by atoms with Gasteiger partial charge in [0.05, 0.1) is 20.1 Å². The highest BCUT2D eigenvalue weighted by Crippen LogP contribution is 2.44. The first-order valence-electron chi connectivity index (χ1n) is 6.21. The van der Waals surface area contributed by atoms with E-state index in [9.17, 15) is 0 Å². The van der Waals surface area contributed by atoms with Gasteiger partial charge >= 0.3 is 0 Å². The number of aryl methyl sites for hydroxylation is 1. The molecule has 1 atom stereocenters. The molecule has 1 unspecified atom stereocenters. The lowest BCUT2D eigenvalue weighted by Gasteiger charge is -2.12. The standard InChI is InChI=1S/C15H11Cl4N/c16-10-6-11(17)15(19)13(14(10)18)8-1-3-9-7(5-8)2-4-12(9)20/h1,3,5-6,12H,2,4,20H2. The smallest absolute Gasteiger partial charge is 0.0686 e. The van der Waals surface area contributed by atoms with Crippen LogP contribution in [0.1, 0.15) is 23.6 Å². The molecule has 2 N–H and O–H groups in total. The molecule has 0 aromatic heterocycles. The van der Waals surface area contributed by atoms with Gasteiger partial charge in [0.25, 0.3) is 0 Å². The highest BCUT2D eigenvalue weighted by Gasteiger charge is 2.21. The van der Waals surface area contributed by atoms with Gasteiger partial charge in [-0.1, -0.05) is 64.6 Å². The number of benzene rings is 2. The summed E-state index contributed by atoms with van der Waals surface area (Å²) in [6, 6.07) is 7.74. The van der Waals surface area contributed by atoms with Gasteiger partial charge in [-0.2, -0.15) is 0 Å². The Bertz CT molecular complexity index is 671. The van der Waals surface area contributed by atoms with Gasteiger partial charge in [0.15, 0.2) is 0 Å². The van der Waals surface area contributed by atoms with Crippen LogP contribution in [0.3, 0.4) is 0 Å². The van der Waals surface area contributed by atoms with Crippen LogP contribution in [0.15, 0.2) is 24.3 Å². The predicted molar refractivity (Wildman–Crippen MR) is 87.2 cm³/mol. The normalized spacial score (nSPS) is 17.4. The van der Waals surface area contributed by atoms with E-state index in [0.717, 1.165) is 18.4 Å². The fourth-order valence-corrected chi connectivity index (χ4v) is 3.66. The Kier molecular flexibility index (Phi) is 3.91. The first kappa shape index (κ1) is 14.5. The minimum atomic E-state index is 0.118. The van der Waals surface area contributed by atoms with Crippen molar-refractivity contribution in [2.75, 3.05) is 0 Å².